The average molecular weight is 168 g/mol. The van der Waals surface area contributed by atoms with E-state index in [0.717, 1.165) is 0 Å². The second-order valence-electron chi connectivity index (χ2n) is 1.89. The van der Waals surface area contributed by atoms with Gasteiger partial charge in [0.25, 0.3) is 5.78 Å². The Balaban J connectivity index is 3.02. The Bertz CT molecular complexity index is 441. The number of aromatic nitrogens is 5. The molecule has 11 heavy (non-hydrogen) atoms. The molecule has 3 N–H and O–H groups in total. The zero-order valence-electron chi connectivity index (χ0n) is 5.35. The van der Waals surface area contributed by atoms with Gasteiger partial charge in [-0.2, -0.15) is 14.5 Å². The SMILES string of the molecule is Nc1nc(=S)nc2nc[nH]n12. The number of nitrogens with zero attached hydrogens (tertiary/aromatic N) is 4. The van der Waals surface area contributed by atoms with Crippen LogP contribution in [0.2, 0.25) is 0 Å². The Labute approximate surface area is 66.1 Å². The summed E-state index contributed by atoms with van der Waals surface area (Å²) in [6.07, 6.45) is 1.47. The number of anilines is 1. The Morgan fingerprint density at radius 3 is 3.18 bits per heavy atom. The third-order valence-electron chi connectivity index (χ3n) is 1.20. The molecule has 0 aliphatic heterocycles. The highest BCUT2D eigenvalue weighted by Gasteiger charge is 1.98. The van der Waals surface area contributed by atoms with Gasteiger partial charge in [0.15, 0.2) is 0 Å². The number of nitrogen functional groups attached to an aromatic ring is 1. The molecule has 2 heterocycles. The molecule has 2 aromatic heterocycles. The highest BCUT2D eigenvalue weighted by Crippen LogP contribution is 1.97. The monoisotopic (exact) mass is 168 g/mol. The Morgan fingerprint density at radius 2 is 2.36 bits per heavy atom. The maximum atomic E-state index is 5.48. The first-order valence-corrected chi connectivity index (χ1v) is 3.24. The van der Waals surface area contributed by atoms with E-state index in [-0.39, 0.29) is 10.7 Å². The molecule has 0 spiro atoms. The van der Waals surface area contributed by atoms with Crippen molar-refractivity contribution in [3.63, 3.8) is 0 Å². The molecule has 0 fully saturated rings. The van der Waals surface area contributed by atoms with Crippen molar-refractivity contribution >= 4 is 23.9 Å². The van der Waals surface area contributed by atoms with Crippen molar-refractivity contribution in [1.29, 1.82) is 0 Å². The molecule has 0 bridgehead atoms. The number of fused-ring (bicyclic) bond motifs is 1. The first-order valence-electron chi connectivity index (χ1n) is 2.83. The molecule has 0 amide bonds. The van der Waals surface area contributed by atoms with Gasteiger partial charge in [-0.3, -0.25) is 5.10 Å². The van der Waals surface area contributed by atoms with E-state index in [2.05, 4.69) is 20.1 Å². The van der Waals surface area contributed by atoms with E-state index < -0.39 is 0 Å². The molecule has 0 saturated carbocycles. The highest BCUT2D eigenvalue weighted by atomic mass is 32.1. The van der Waals surface area contributed by atoms with E-state index in [9.17, 15) is 0 Å². The maximum absolute atomic E-state index is 5.48. The molecule has 0 saturated heterocycles. The van der Waals surface area contributed by atoms with Gasteiger partial charge in [0, 0.05) is 0 Å². The van der Waals surface area contributed by atoms with Crippen LogP contribution >= 0.6 is 12.2 Å². The standard InChI is InChI=1S/C4H4N6S/c5-2-8-4(11)9-3-6-1-7-10(2)3/h1H,(H3,5,6,7,8,9,11). The minimum Gasteiger partial charge on any atom is -0.368 e. The summed E-state index contributed by atoms with van der Waals surface area (Å²) in [6.45, 7) is 0. The molecular weight excluding hydrogens is 164 g/mol. The number of nitrogens with two attached hydrogens (primary N) is 1. The maximum Gasteiger partial charge on any atom is 0.256 e. The molecule has 0 aliphatic rings. The van der Waals surface area contributed by atoms with Crippen molar-refractivity contribution in [2.45, 2.75) is 0 Å². The van der Waals surface area contributed by atoms with Gasteiger partial charge in [0.2, 0.25) is 10.7 Å². The van der Waals surface area contributed by atoms with Crippen LogP contribution in [0.5, 0.6) is 0 Å². The van der Waals surface area contributed by atoms with Gasteiger partial charge in [-0.1, -0.05) is 0 Å². The minimum atomic E-state index is 0.203. The third kappa shape index (κ3) is 0.855. The summed E-state index contributed by atoms with van der Waals surface area (Å²) in [7, 11) is 0. The molecule has 56 valence electrons. The van der Waals surface area contributed by atoms with Crippen LogP contribution in [0.3, 0.4) is 0 Å². The van der Waals surface area contributed by atoms with Crippen LogP contribution in [0.1, 0.15) is 0 Å². The van der Waals surface area contributed by atoms with Crippen LogP contribution in [0.4, 0.5) is 5.95 Å². The molecule has 7 heteroatoms. The quantitative estimate of drug-likeness (QED) is 0.530. The Kier molecular flexibility index (Phi) is 1.13. The average Bonchev–Trinajstić information content (AvgIpc) is 2.34. The number of rotatable bonds is 0. The Morgan fingerprint density at radius 1 is 1.55 bits per heavy atom. The van der Waals surface area contributed by atoms with Crippen molar-refractivity contribution < 1.29 is 0 Å². The number of H-pyrrole nitrogens is 1. The van der Waals surface area contributed by atoms with Gasteiger partial charge in [-0.05, 0) is 12.2 Å². The molecule has 2 aromatic rings. The molecular formula is C4H4N6S. The fourth-order valence-corrected chi connectivity index (χ4v) is 0.941. The van der Waals surface area contributed by atoms with E-state index in [1.165, 1.54) is 10.8 Å². The molecule has 0 atom stereocenters. The van der Waals surface area contributed by atoms with Gasteiger partial charge < -0.3 is 5.73 Å². The van der Waals surface area contributed by atoms with E-state index in [1.807, 2.05) is 0 Å². The largest absolute Gasteiger partial charge is 0.368 e. The number of hydrogen-bond acceptors (Lipinski definition) is 5. The number of nitrogens with one attached hydrogen (secondary N) is 1. The fourth-order valence-electron chi connectivity index (χ4n) is 0.766. The molecule has 0 aliphatic carbocycles. The van der Waals surface area contributed by atoms with Crippen molar-refractivity contribution in [3.8, 4) is 0 Å². The van der Waals surface area contributed by atoms with E-state index in [0.29, 0.717) is 5.78 Å². The lowest BCUT2D eigenvalue weighted by molar-refractivity contribution is 0.901. The summed E-state index contributed by atoms with van der Waals surface area (Å²) in [5.41, 5.74) is 5.48. The first kappa shape index (κ1) is 6.23. The minimum absolute atomic E-state index is 0.203. The molecule has 0 aromatic carbocycles. The van der Waals surface area contributed by atoms with E-state index >= 15 is 0 Å². The van der Waals surface area contributed by atoms with Crippen molar-refractivity contribution in [1.82, 2.24) is 24.6 Å². The van der Waals surface area contributed by atoms with Gasteiger partial charge in [0.05, 0.1) is 0 Å². The van der Waals surface area contributed by atoms with Crippen molar-refractivity contribution in [2.75, 3.05) is 5.73 Å². The third-order valence-corrected chi connectivity index (χ3v) is 1.38. The van der Waals surface area contributed by atoms with Crippen LogP contribution in [-0.2, 0) is 0 Å². The van der Waals surface area contributed by atoms with Crippen LogP contribution in [0, 0.1) is 4.77 Å². The molecule has 6 nitrogen and oxygen atoms in total. The van der Waals surface area contributed by atoms with Gasteiger partial charge in [-0.15, -0.1) is 0 Å². The molecule has 2 rings (SSSR count). The van der Waals surface area contributed by atoms with Crippen LogP contribution in [0.15, 0.2) is 6.33 Å². The smallest absolute Gasteiger partial charge is 0.256 e. The van der Waals surface area contributed by atoms with Crippen molar-refractivity contribution in [3.05, 3.63) is 11.1 Å². The number of hydrogen-bond donors (Lipinski definition) is 2. The van der Waals surface area contributed by atoms with Gasteiger partial charge >= 0.3 is 0 Å². The lowest BCUT2D eigenvalue weighted by Crippen LogP contribution is -2.03. The summed E-state index contributed by atoms with van der Waals surface area (Å²) < 4.78 is 1.64. The predicted molar refractivity (Wildman–Crippen MR) is 40.4 cm³/mol. The predicted octanol–water partition coefficient (Wildman–Crippen LogP) is -0.236. The lowest BCUT2D eigenvalue weighted by atomic mass is 10.9. The van der Waals surface area contributed by atoms with Gasteiger partial charge in [0.1, 0.15) is 6.33 Å². The second kappa shape index (κ2) is 1.99. The van der Waals surface area contributed by atoms with Crippen LogP contribution in [0.25, 0.3) is 5.78 Å². The first-order chi connectivity index (χ1) is 5.27. The van der Waals surface area contributed by atoms with E-state index in [1.54, 1.807) is 0 Å². The van der Waals surface area contributed by atoms with Crippen LogP contribution < -0.4 is 5.73 Å². The van der Waals surface area contributed by atoms with Crippen LogP contribution in [-0.4, -0.2) is 24.6 Å². The second-order valence-corrected chi connectivity index (χ2v) is 2.25. The summed E-state index contributed by atoms with van der Waals surface area (Å²) >= 11 is 4.72. The summed E-state index contributed by atoms with van der Waals surface area (Å²) in [5, 5.41) is 2.72. The fraction of sp³-hybridized carbons (Fsp3) is 0. The van der Waals surface area contributed by atoms with Gasteiger partial charge in [-0.25, -0.2) is 4.98 Å². The zero-order chi connectivity index (χ0) is 7.84. The summed E-state index contributed by atoms with van der Waals surface area (Å²) in [4.78, 5) is 11.4. The number of aromatic amines is 1. The molecule has 0 radical (unpaired) electrons. The summed E-state index contributed by atoms with van der Waals surface area (Å²) in [6, 6.07) is 0. The highest BCUT2D eigenvalue weighted by molar-refractivity contribution is 7.71. The Hall–Kier alpha value is -1.50. The lowest BCUT2D eigenvalue weighted by Gasteiger charge is -1.93. The summed E-state index contributed by atoms with van der Waals surface area (Å²) in [5.74, 6) is 0.694. The topological polar surface area (TPSA) is 84.9 Å². The van der Waals surface area contributed by atoms with Crippen molar-refractivity contribution in [2.24, 2.45) is 0 Å². The zero-order valence-corrected chi connectivity index (χ0v) is 6.17. The van der Waals surface area contributed by atoms with E-state index in [4.69, 9.17) is 18.0 Å². The normalized spacial score (nSPS) is 10.5. The molecule has 0 unspecified atom stereocenters.